The fourth-order valence-corrected chi connectivity index (χ4v) is 3.25. The molecule has 3 rings (SSSR count). The molecule has 0 amide bonds. The number of benzene rings is 1. The Morgan fingerprint density at radius 3 is 2.48 bits per heavy atom. The molecule has 0 bridgehead atoms. The maximum Gasteiger partial charge on any atom is 0.428 e. The normalized spacial score (nSPS) is 18.9. The first-order chi connectivity index (χ1) is 13.6. The van der Waals surface area contributed by atoms with Gasteiger partial charge in [-0.05, 0) is 38.1 Å². The van der Waals surface area contributed by atoms with Gasteiger partial charge in [-0.2, -0.15) is 13.2 Å². The lowest BCUT2D eigenvalue weighted by Gasteiger charge is -2.28. The number of hydroxylamine groups is 1. The quantitative estimate of drug-likeness (QED) is 0.690. The summed E-state index contributed by atoms with van der Waals surface area (Å²) in [7, 11) is 0. The Bertz CT molecular complexity index is 978. The SMILES string of the molecule is CCOC(=O)c1cnc(C2=CC(c3cc(Cl)cc(Cl)c3)(C(F)(F)F)ON2)nc1C. The maximum atomic E-state index is 14.0. The van der Waals surface area contributed by atoms with E-state index in [9.17, 15) is 18.0 Å². The largest absolute Gasteiger partial charge is 0.462 e. The van der Waals surface area contributed by atoms with Gasteiger partial charge in [-0.15, -0.1) is 0 Å². The minimum Gasteiger partial charge on any atom is -0.462 e. The molecule has 1 aliphatic rings. The fraction of sp³-hybridized carbons (Fsp3) is 0.278. The minimum atomic E-state index is -4.85. The molecule has 0 saturated carbocycles. The molecule has 0 radical (unpaired) electrons. The van der Waals surface area contributed by atoms with Gasteiger partial charge in [0.25, 0.3) is 0 Å². The number of aromatic nitrogens is 2. The van der Waals surface area contributed by atoms with Crippen LogP contribution in [-0.4, -0.2) is 28.7 Å². The van der Waals surface area contributed by atoms with Crippen molar-refractivity contribution in [1.82, 2.24) is 15.4 Å². The van der Waals surface area contributed by atoms with Crippen molar-refractivity contribution in [1.29, 1.82) is 0 Å². The molecule has 6 nitrogen and oxygen atoms in total. The summed E-state index contributed by atoms with van der Waals surface area (Å²) in [6, 6.07) is 3.53. The predicted octanol–water partition coefficient (Wildman–Crippen LogP) is 4.60. The van der Waals surface area contributed by atoms with Gasteiger partial charge in [0.1, 0.15) is 5.70 Å². The standard InChI is InChI=1S/C18H14Cl2F3N3O3/c1-3-28-16(27)13-8-24-15(25-9(13)2)14-7-17(29-26-14,18(21,22)23)10-4-11(19)6-12(20)5-10/h4-8,26H,3H2,1-2H3. The van der Waals surface area contributed by atoms with Crippen LogP contribution in [-0.2, 0) is 15.2 Å². The summed E-state index contributed by atoms with van der Waals surface area (Å²) >= 11 is 11.7. The van der Waals surface area contributed by atoms with E-state index in [2.05, 4.69) is 15.4 Å². The molecule has 1 aromatic carbocycles. The summed E-state index contributed by atoms with van der Waals surface area (Å²) in [5.74, 6) is -0.714. The van der Waals surface area contributed by atoms with Gasteiger partial charge in [0.05, 0.1) is 17.9 Å². The Balaban J connectivity index is 2.06. The second-order valence-electron chi connectivity index (χ2n) is 6.07. The highest BCUT2D eigenvalue weighted by Gasteiger charge is 2.60. The van der Waals surface area contributed by atoms with Crippen LogP contribution in [0.4, 0.5) is 13.2 Å². The molecule has 0 fully saturated rings. The van der Waals surface area contributed by atoms with Crippen LogP contribution in [0.3, 0.4) is 0 Å². The Hall–Kier alpha value is -2.36. The summed E-state index contributed by atoms with van der Waals surface area (Å²) in [5, 5.41) is 0.0416. The lowest BCUT2D eigenvalue weighted by atomic mass is 9.92. The molecular weight excluding hydrogens is 434 g/mol. The van der Waals surface area contributed by atoms with Gasteiger partial charge >= 0.3 is 12.1 Å². The van der Waals surface area contributed by atoms with E-state index in [0.29, 0.717) is 0 Å². The van der Waals surface area contributed by atoms with E-state index in [1.54, 1.807) is 6.92 Å². The summed E-state index contributed by atoms with van der Waals surface area (Å²) in [5.41, 5.74) is -0.721. The lowest BCUT2D eigenvalue weighted by molar-refractivity contribution is -0.269. The number of alkyl halides is 3. The summed E-state index contributed by atoms with van der Waals surface area (Å²) in [6.07, 6.45) is -2.87. The van der Waals surface area contributed by atoms with E-state index < -0.39 is 17.7 Å². The average Bonchev–Trinajstić information content (AvgIpc) is 3.07. The number of carbonyl (C=O) groups excluding carboxylic acids is 1. The first kappa shape index (κ1) is 21.4. The minimum absolute atomic E-state index is 0.0208. The maximum absolute atomic E-state index is 14.0. The third kappa shape index (κ3) is 4.03. The van der Waals surface area contributed by atoms with Gasteiger partial charge in [-0.25, -0.2) is 14.8 Å². The molecule has 2 aromatic rings. The number of aryl methyl sites for hydroxylation is 1. The monoisotopic (exact) mass is 447 g/mol. The summed E-state index contributed by atoms with van der Waals surface area (Å²) < 4.78 is 46.9. The van der Waals surface area contributed by atoms with Crippen molar-refractivity contribution in [3.05, 3.63) is 63.2 Å². The van der Waals surface area contributed by atoms with E-state index in [1.807, 2.05) is 0 Å². The zero-order valence-corrected chi connectivity index (χ0v) is 16.6. The van der Waals surface area contributed by atoms with Gasteiger partial charge in [-0.3, -0.25) is 10.3 Å². The van der Waals surface area contributed by atoms with Crippen LogP contribution in [0.1, 0.15) is 34.4 Å². The van der Waals surface area contributed by atoms with Crippen LogP contribution in [0.15, 0.2) is 30.5 Å². The Morgan fingerprint density at radius 2 is 1.93 bits per heavy atom. The highest BCUT2D eigenvalue weighted by atomic mass is 35.5. The fourth-order valence-electron chi connectivity index (χ4n) is 2.73. The van der Waals surface area contributed by atoms with Gasteiger partial charge in [-0.1, -0.05) is 23.2 Å². The summed E-state index contributed by atoms with van der Waals surface area (Å²) in [6.45, 7) is 3.32. The number of hydrogen-bond acceptors (Lipinski definition) is 6. The van der Waals surface area contributed by atoms with Crippen molar-refractivity contribution >= 4 is 34.9 Å². The number of ether oxygens (including phenoxy) is 1. The molecule has 0 aliphatic carbocycles. The van der Waals surface area contributed by atoms with Crippen LogP contribution in [0.2, 0.25) is 10.0 Å². The molecule has 0 saturated heterocycles. The number of rotatable bonds is 4. The molecule has 11 heteroatoms. The Kier molecular flexibility index (Phi) is 5.75. The predicted molar refractivity (Wildman–Crippen MR) is 99.1 cm³/mol. The van der Waals surface area contributed by atoms with Crippen molar-refractivity contribution in [2.45, 2.75) is 25.6 Å². The highest BCUT2D eigenvalue weighted by Crippen LogP contribution is 2.48. The molecule has 154 valence electrons. The van der Waals surface area contributed by atoms with Crippen molar-refractivity contribution in [3.63, 3.8) is 0 Å². The van der Waals surface area contributed by atoms with Gasteiger partial charge in [0, 0.05) is 21.8 Å². The molecule has 1 atom stereocenters. The number of hydrogen-bond donors (Lipinski definition) is 1. The average molecular weight is 448 g/mol. The van der Waals surface area contributed by atoms with E-state index in [1.165, 1.54) is 19.2 Å². The first-order valence-electron chi connectivity index (χ1n) is 8.28. The van der Waals surface area contributed by atoms with E-state index in [4.69, 9.17) is 32.8 Å². The second-order valence-corrected chi connectivity index (χ2v) is 6.94. The third-order valence-corrected chi connectivity index (χ3v) is 4.53. The summed E-state index contributed by atoms with van der Waals surface area (Å²) in [4.78, 5) is 24.9. The zero-order valence-electron chi connectivity index (χ0n) is 15.1. The lowest BCUT2D eigenvalue weighted by Crippen LogP contribution is -2.42. The van der Waals surface area contributed by atoms with E-state index >= 15 is 0 Å². The second kappa shape index (κ2) is 7.81. The Labute approximate surface area is 173 Å². The number of esters is 1. The van der Waals surface area contributed by atoms with E-state index in [0.717, 1.165) is 18.2 Å². The van der Waals surface area contributed by atoms with Crippen molar-refractivity contribution in [2.24, 2.45) is 0 Å². The highest BCUT2D eigenvalue weighted by molar-refractivity contribution is 6.34. The smallest absolute Gasteiger partial charge is 0.428 e. The topological polar surface area (TPSA) is 73.3 Å². The molecule has 1 unspecified atom stereocenters. The number of halogens is 5. The molecule has 1 N–H and O–H groups in total. The first-order valence-corrected chi connectivity index (χ1v) is 9.04. The molecule has 1 aromatic heterocycles. The molecular formula is C18H14Cl2F3N3O3. The van der Waals surface area contributed by atoms with Gasteiger partial charge < -0.3 is 4.74 Å². The van der Waals surface area contributed by atoms with Crippen molar-refractivity contribution < 1.29 is 27.5 Å². The number of nitrogens with one attached hydrogen (secondary N) is 1. The van der Waals surface area contributed by atoms with Crippen LogP contribution >= 0.6 is 23.2 Å². The zero-order chi connectivity index (χ0) is 21.4. The van der Waals surface area contributed by atoms with Gasteiger partial charge in [0.15, 0.2) is 5.82 Å². The molecule has 2 heterocycles. The Morgan fingerprint density at radius 1 is 1.28 bits per heavy atom. The van der Waals surface area contributed by atoms with Gasteiger partial charge in [0.2, 0.25) is 5.60 Å². The number of carbonyl (C=O) groups is 1. The van der Waals surface area contributed by atoms with Crippen LogP contribution < -0.4 is 5.48 Å². The van der Waals surface area contributed by atoms with Crippen LogP contribution in [0, 0.1) is 6.92 Å². The van der Waals surface area contributed by atoms with Crippen molar-refractivity contribution in [3.8, 4) is 0 Å². The van der Waals surface area contributed by atoms with E-state index in [-0.39, 0.29) is 45.0 Å². The number of nitrogens with zero attached hydrogens (tertiary/aromatic N) is 2. The molecule has 29 heavy (non-hydrogen) atoms. The molecule has 1 aliphatic heterocycles. The third-order valence-electron chi connectivity index (χ3n) is 4.10. The van der Waals surface area contributed by atoms with Crippen molar-refractivity contribution in [2.75, 3.05) is 6.61 Å². The van der Waals surface area contributed by atoms with Crippen LogP contribution in [0.25, 0.3) is 5.70 Å². The van der Waals surface area contributed by atoms with Crippen LogP contribution in [0.5, 0.6) is 0 Å². The molecule has 0 spiro atoms.